The van der Waals surface area contributed by atoms with E-state index >= 15 is 0 Å². The van der Waals surface area contributed by atoms with Crippen molar-refractivity contribution in [2.24, 2.45) is 0 Å². The number of hydrogen-bond donors (Lipinski definition) is 0. The van der Waals surface area contributed by atoms with Crippen molar-refractivity contribution in [3.8, 4) is 0 Å². The average Bonchev–Trinajstić information content (AvgIpc) is 2.30. The number of anilines is 1. The van der Waals surface area contributed by atoms with Gasteiger partial charge in [-0.2, -0.15) is 0 Å². The van der Waals surface area contributed by atoms with Crippen LogP contribution in [0.3, 0.4) is 0 Å². The zero-order valence-corrected chi connectivity index (χ0v) is 10.9. The summed E-state index contributed by atoms with van der Waals surface area (Å²) in [6.45, 7) is 4.05. The first-order valence-electron chi connectivity index (χ1n) is 5.39. The smallest absolute Gasteiger partial charge is 0.152 e. The minimum atomic E-state index is 0.771. The van der Waals surface area contributed by atoms with Crippen LogP contribution in [-0.2, 0) is 0 Å². The van der Waals surface area contributed by atoms with Gasteiger partial charge in [0.15, 0.2) is 6.29 Å². The molecule has 1 aromatic carbocycles. The van der Waals surface area contributed by atoms with E-state index in [9.17, 15) is 4.79 Å². The lowest BCUT2D eigenvalue weighted by molar-refractivity contribution is 0.112. The van der Waals surface area contributed by atoms with Crippen molar-refractivity contribution in [2.75, 3.05) is 38.1 Å². The quantitative estimate of drug-likeness (QED) is 0.776. The molecule has 0 amide bonds. The fourth-order valence-electron chi connectivity index (χ4n) is 1.94. The summed E-state index contributed by atoms with van der Waals surface area (Å²) in [7, 11) is 2.12. The van der Waals surface area contributed by atoms with Gasteiger partial charge in [-0.15, -0.1) is 0 Å². The lowest BCUT2D eigenvalue weighted by Crippen LogP contribution is -2.44. The predicted molar refractivity (Wildman–Crippen MR) is 69.2 cm³/mol. The molecule has 0 radical (unpaired) electrons. The Morgan fingerprint density at radius 1 is 1.25 bits per heavy atom. The monoisotopic (exact) mass is 282 g/mol. The number of nitrogens with zero attached hydrogens (tertiary/aromatic N) is 2. The van der Waals surface area contributed by atoms with Crippen LogP contribution in [0.1, 0.15) is 10.4 Å². The van der Waals surface area contributed by atoms with E-state index in [4.69, 9.17) is 0 Å². The van der Waals surface area contributed by atoms with E-state index in [2.05, 4.69) is 32.8 Å². The summed E-state index contributed by atoms with van der Waals surface area (Å²) in [5.74, 6) is 0. The number of aldehydes is 1. The maximum atomic E-state index is 11.0. The molecule has 0 atom stereocenters. The van der Waals surface area contributed by atoms with E-state index in [1.807, 2.05) is 18.2 Å². The van der Waals surface area contributed by atoms with Gasteiger partial charge in [-0.3, -0.25) is 4.79 Å². The molecule has 0 aliphatic carbocycles. The normalized spacial score (nSPS) is 17.5. The molecule has 3 nitrogen and oxygen atoms in total. The van der Waals surface area contributed by atoms with Crippen LogP contribution in [0.2, 0.25) is 0 Å². The summed E-state index contributed by atoms with van der Waals surface area (Å²) in [5, 5.41) is 0. The summed E-state index contributed by atoms with van der Waals surface area (Å²) >= 11 is 3.45. The third-order valence-corrected chi connectivity index (χ3v) is 3.46. The Hall–Kier alpha value is -0.870. The Balaban J connectivity index is 2.25. The van der Waals surface area contributed by atoms with Crippen LogP contribution in [0, 0.1) is 0 Å². The fourth-order valence-corrected chi connectivity index (χ4v) is 2.29. The number of carbonyl (C=O) groups is 1. The first-order valence-corrected chi connectivity index (χ1v) is 6.18. The standard InChI is InChI=1S/C12H15BrN2O/c1-14-4-6-15(7-5-14)12-8-11(13)3-2-10(12)9-16/h2-3,8-9H,4-7H2,1H3. The molecule has 0 unspecified atom stereocenters. The zero-order valence-electron chi connectivity index (χ0n) is 9.32. The molecule has 0 N–H and O–H groups in total. The van der Waals surface area contributed by atoms with E-state index < -0.39 is 0 Å². The molecule has 1 fully saturated rings. The molecule has 0 spiro atoms. The summed E-state index contributed by atoms with van der Waals surface area (Å²) in [6, 6.07) is 5.79. The molecular formula is C12H15BrN2O. The number of rotatable bonds is 2. The van der Waals surface area contributed by atoms with Crippen molar-refractivity contribution in [1.82, 2.24) is 4.90 Å². The van der Waals surface area contributed by atoms with Crippen molar-refractivity contribution in [3.63, 3.8) is 0 Å². The number of benzene rings is 1. The average molecular weight is 283 g/mol. The lowest BCUT2D eigenvalue weighted by atomic mass is 10.1. The van der Waals surface area contributed by atoms with Crippen molar-refractivity contribution in [1.29, 1.82) is 0 Å². The van der Waals surface area contributed by atoms with Crippen LogP contribution < -0.4 is 4.90 Å². The molecule has 0 bridgehead atoms. The Labute approximate surface area is 104 Å². The number of halogens is 1. The molecule has 1 heterocycles. The second-order valence-electron chi connectivity index (χ2n) is 4.11. The molecular weight excluding hydrogens is 268 g/mol. The second-order valence-corrected chi connectivity index (χ2v) is 5.03. The van der Waals surface area contributed by atoms with Crippen LogP contribution in [-0.4, -0.2) is 44.4 Å². The highest BCUT2D eigenvalue weighted by molar-refractivity contribution is 9.10. The fraction of sp³-hybridized carbons (Fsp3) is 0.417. The summed E-state index contributed by atoms with van der Waals surface area (Å²) in [5.41, 5.74) is 1.81. The SMILES string of the molecule is CN1CCN(c2cc(Br)ccc2C=O)CC1. The molecule has 0 aromatic heterocycles. The van der Waals surface area contributed by atoms with Crippen LogP contribution >= 0.6 is 15.9 Å². The maximum Gasteiger partial charge on any atom is 0.152 e. The van der Waals surface area contributed by atoms with E-state index in [-0.39, 0.29) is 0 Å². The van der Waals surface area contributed by atoms with Gasteiger partial charge in [0.25, 0.3) is 0 Å². The summed E-state index contributed by atoms with van der Waals surface area (Å²) < 4.78 is 1.02. The molecule has 4 heteroatoms. The molecule has 86 valence electrons. The highest BCUT2D eigenvalue weighted by atomic mass is 79.9. The molecule has 16 heavy (non-hydrogen) atoms. The number of piperazine rings is 1. The Morgan fingerprint density at radius 3 is 2.56 bits per heavy atom. The molecule has 0 saturated carbocycles. The van der Waals surface area contributed by atoms with Crippen molar-refractivity contribution >= 4 is 27.9 Å². The van der Waals surface area contributed by atoms with Crippen LogP contribution in [0.5, 0.6) is 0 Å². The summed E-state index contributed by atoms with van der Waals surface area (Å²) in [6.07, 6.45) is 0.931. The molecule has 1 saturated heterocycles. The third kappa shape index (κ3) is 2.44. The predicted octanol–water partition coefficient (Wildman–Crippen LogP) is 2.01. The zero-order chi connectivity index (χ0) is 11.5. The molecule has 2 rings (SSSR count). The van der Waals surface area contributed by atoms with Crippen molar-refractivity contribution in [3.05, 3.63) is 28.2 Å². The number of carbonyl (C=O) groups excluding carboxylic acids is 1. The number of likely N-dealkylation sites (N-methyl/N-ethyl adjacent to an activating group) is 1. The van der Waals surface area contributed by atoms with E-state index in [0.29, 0.717) is 0 Å². The molecule has 1 aromatic rings. The third-order valence-electron chi connectivity index (χ3n) is 2.96. The molecule has 1 aliphatic rings. The minimum Gasteiger partial charge on any atom is -0.368 e. The van der Waals surface area contributed by atoms with Crippen molar-refractivity contribution in [2.45, 2.75) is 0 Å². The minimum absolute atomic E-state index is 0.771. The largest absolute Gasteiger partial charge is 0.368 e. The lowest BCUT2D eigenvalue weighted by Gasteiger charge is -2.34. The van der Waals surface area contributed by atoms with E-state index in [1.54, 1.807) is 0 Å². The van der Waals surface area contributed by atoms with Crippen LogP contribution in [0.4, 0.5) is 5.69 Å². The van der Waals surface area contributed by atoms with E-state index in [0.717, 1.165) is 48.2 Å². The van der Waals surface area contributed by atoms with Gasteiger partial charge in [-0.1, -0.05) is 15.9 Å². The van der Waals surface area contributed by atoms with Gasteiger partial charge in [0, 0.05) is 41.9 Å². The Bertz CT molecular complexity index is 387. The van der Waals surface area contributed by atoms with Crippen molar-refractivity contribution < 1.29 is 4.79 Å². The van der Waals surface area contributed by atoms with E-state index in [1.165, 1.54) is 0 Å². The van der Waals surface area contributed by atoms with Crippen LogP contribution in [0.15, 0.2) is 22.7 Å². The second kappa shape index (κ2) is 4.97. The highest BCUT2D eigenvalue weighted by Gasteiger charge is 2.16. The maximum absolute atomic E-state index is 11.0. The summed E-state index contributed by atoms with van der Waals surface area (Å²) in [4.78, 5) is 15.6. The van der Waals surface area contributed by atoms with Gasteiger partial charge in [-0.25, -0.2) is 0 Å². The first kappa shape index (κ1) is 11.6. The van der Waals surface area contributed by atoms with Gasteiger partial charge >= 0.3 is 0 Å². The van der Waals surface area contributed by atoms with Gasteiger partial charge in [0.1, 0.15) is 0 Å². The topological polar surface area (TPSA) is 23.6 Å². The Morgan fingerprint density at radius 2 is 1.94 bits per heavy atom. The highest BCUT2D eigenvalue weighted by Crippen LogP contribution is 2.24. The Kier molecular flexibility index (Phi) is 3.61. The first-order chi connectivity index (χ1) is 7.70. The van der Waals surface area contributed by atoms with Gasteiger partial charge in [0.2, 0.25) is 0 Å². The van der Waals surface area contributed by atoms with Gasteiger partial charge in [0.05, 0.1) is 0 Å². The number of hydrogen-bond acceptors (Lipinski definition) is 3. The molecule has 1 aliphatic heterocycles. The van der Waals surface area contributed by atoms with Crippen LogP contribution in [0.25, 0.3) is 0 Å². The van der Waals surface area contributed by atoms with Gasteiger partial charge < -0.3 is 9.80 Å². The van der Waals surface area contributed by atoms with Gasteiger partial charge in [-0.05, 0) is 25.2 Å².